The standard InChI is InChI=1S/C15H22FN3O2/c1-2-3-18-15(20)14-10-21-5-4-19(14)13-7-11(9-17)6-12(16)8-13/h6-8,14H,2-5,9-10,17H2,1H3,(H,18,20). The number of nitrogens with two attached hydrogens (primary N) is 1. The van der Waals surface area contributed by atoms with Gasteiger partial charge in [0.15, 0.2) is 0 Å². The summed E-state index contributed by atoms with van der Waals surface area (Å²) in [4.78, 5) is 14.1. The van der Waals surface area contributed by atoms with Crippen molar-refractivity contribution in [3.8, 4) is 0 Å². The summed E-state index contributed by atoms with van der Waals surface area (Å²) in [6, 6.07) is 4.24. The van der Waals surface area contributed by atoms with Gasteiger partial charge >= 0.3 is 0 Å². The molecular weight excluding hydrogens is 273 g/mol. The number of nitrogens with zero attached hydrogens (tertiary/aromatic N) is 1. The van der Waals surface area contributed by atoms with Crippen LogP contribution in [0.25, 0.3) is 0 Å². The van der Waals surface area contributed by atoms with E-state index in [1.54, 1.807) is 0 Å². The van der Waals surface area contributed by atoms with Gasteiger partial charge < -0.3 is 20.7 Å². The van der Waals surface area contributed by atoms with Crippen molar-refractivity contribution in [2.45, 2.75) is 25.9 Å². The average Bonchev–Trinajstić information content (AvgIpc) is 2.51. The smallest absolute Gasteiger partial charge is 0.245 e. The molecule has 1 aromatic carbocycles. The predicted octanol–water partition coefficient (Wildman–Crippen LogP) is 1.02. The Hall–Kier alpha value is -1.66. The van der Waals surface area contributed by atoms with Gasteiger partial charge in [0.05, 0.1) is 13.2 Å². The van der Waals surface area contributed by atoms with Crippen LogP contribution in [0.3, 0.4) is 0 Å². The summed E-state index contributed by atoms with van der Waals surface area (Å²) in [5.74, 6) is -0.428. The summed E-state index contributed by atoms with van der Waals surface area (Å²) >= 11 is 0. The Morgan fingerprint density at radius 2 is 2.33 bits per heavy atom. The average molecular weight is 295 g/mol. The fourth-order valence-corrected chi connectivity index (χ4v) is 2.41. The van der Waals surface area contributed by atoms with Crippen LogP contribution in [-0.2, 0) is 16.1 Å². The minimum Gasteiger partial charge on any atom is -0.377 e. The van der Waals surface area contributed by atoms with Crippen LogP contribution in [0, 0.1) is 5.82 Å². The second-order valence-corrected chi connectivity index (χ2v) is 5.10. The van der Waals surface area contributed by atoms with Gasteiger partial charge in [-0.05, 0) is 30.2 Å². The number of halogens is 1. The molecule has 116 valence electrons. The molecule has 1 aliphatic heterocycles. The molecule has 0 bridgehead atoms. The maximum atomic E-state index is 13.7. The molecule has 2 rings (SSSR count). The van der Waals surface area contributed by atoms with Crippen LogP contribution in [0.1, 0.15) is 18.9 Å². The van der Waals surface area contributed by atoms with E-state index < -0.39 is 6.04 Å². The van der Waals surface area contributed by atoms with Crippen molar-refractivity contribution in [2.75, 3.05) is 31.2 Å². The van der Waals surface area contributed by atoms with Crippen molar-refractivity contribution in [2.24, 2.45) is 5.73 Å². The van der Waals surface area contributed by atoms with E-state index >= 15 is 0 Å². The molecule has 3 N–H and O–H groups in total. The molecular formula is C15H22FN3O2. The summed E-state index contributed by atoms with van der Waals surface area (Å²) in [5, 5.41) is 2.87. The number of benzene rings is 1. The summed E-state index contributed by atoms with van der Waals surface area (Å²) in [6.45, 7) is 4.27. The molecule has 1 aromatic rings. The van der Waals surface area contributed by atoms with Crippen molar-refractivity contribution < 1.29 is 13.9 Å². The molecule has 1 atom stereocenters. The molecule has 0 radical (unpaired) electrons. The van der Waals surface area contributed by atoms with Crippen molar-refractivity contribution >= 4 is 11.6 Å². The first-order valence-electron chi connectivity index (χ1n) is 7.27. The summed E-state index contributed by atoms with van der Waals surface area (Å²) < 4.78 is 19.1. The largest absolute Gasteiger partial charge is 0.377 e. The lowest BCUT2D eigenvalue weighted by molar-refractivity contribution is -0.124. The van der Waals surface area contributed by atoms with Crippen molar-refractivity contribution in [1.82, 2.24) is 5.32 Å². The summed E-state index contributed by atoms with van der Waals surface area (Å²) in [7, 11) is 0. The minimum absolute atomic E-state index is 0.0879. The van der Waals surface area contributed by atoms with E-state index in [4.69, 9.17) is 10.5 Å². The molecule has 5 nitrogen and oxygen atoms in total. The van der Waals surface area contributed by atoms with Gasteiger partial charge in [-0.1, -0.05) is 6.92 Å². The molecule has 0 aliphatic carbocycles. The second kappa shape index (κ2) is 7.38. The number of hydrogen-bond acceptors (Lipinski definition) is 4. The number of rotatable bonds is 5. The van der Waals surface area contributed by atoms with E-state index in [1.165, 1.54) is 12.1 Å². The summed E-state index contributed by atoms with van der Waals surface area (Å²) in [6.07, 6.45) is 0.872. The maximum Gasteiger partial charge on any atom is 0.245 e. The van der Waals surface area contributed by atoms with Gasteiger partial charge in [-0.25, -0.2) is 4.39 Å². The van der Waals surface area contributed by atoms with Crippen LogP contribution in [0.4, 0.5) is 10.1 Å². The lowest BCUT2D eigenvalue weighted by atomic mass is 10.1. The predicted molar refractivity (Wildman–Crippen MR) is 79.5 cm³/mol. The highest BCUT2D eigenvalue weighted by atomic mass is 19.1. The van der Waals surface area contributed by atoms with Crippen molar-refractivity contribution in [1.29, 1.82) is 0 Å². The number of carbonyl (C=O) groups is 1. The Balaban J connectivity index is 2.21. The zero-order valence-electron chi connectivity index (χ0n) is 12.3. The third-order valence-corrected chi connectivity index (χ3v) is 3.49. The number of ether oxygens (including phenoxy) is 1. The monoisotopic (exact) mass is 295 g/mol. The van der Waals surface area contributed by atoms with E-state index in [-0.39, 0.29) is 18.3 Å². The quantitative estimate of drug-likeness (QED) is 0.851. The van der Waals surface area contributed by atoms with Gasteiger partial charge in [0.2, 0.25) is 5.91 Å². The van der Waals surface area contributed by atoms with Gasteiger partial charge in [-0.2, -0.15) is 0 Å². The van der Waals surface area contributed by atoms with Gasteiger partial charge in [0.25, 0.3) is 0 Å². The number of hydrogen-bond donors (Lipinski definition) is 2. The van der Waals surface area contributed by atoms with E-state index in [2.05, 4.69) is 5.32 Å². The zero-order chi connectivity index (χ0) is 15.2. The van der Waals surface area contributed by atoms with Crippen LogP contribution in [0.5, 0.6) is 0 Å². The second-order valence-electron chi connectivity index (χ2n) is 5.10. The minimum atomic E-state index is -0.433. The first-order valence-corrected chi connectivity index (χ1v) is 7.27. The highest BCUT2D eigenvalue weighted by Gasteiger charge is 2.29. The molecule has 1 saturated heterocycles. The molecule has 21 heavy (non-hydrogen) atoms. The fourth-order valence-electron chi connectivity index (χ4n) is 2.41. The molecule has 0 spiro atoms. The zero-order valence-corrected chi connectivity index (χ0v) is 12.3. The molecule has 6 heteroatoms. The molecule has 1 fully saturated rings. The van der Waals surface area contributed by atoms with Gasteiger partial charge in [-0.15, -0.1) is 0 Å². The van der Waals surface area contributed by atoms with E-state index in [9.17, 15) is 9.18 Å². The van der Waals surface area contributed by atoms with E-state index in [1.807, 2.05) is 17.9 Å². The summed E-state index contributed by atoms with van der Waals surface area (Å²) in [5.41, 5.74) is 6.98. The number of nitrogens with one attached hydrogen (secondary N) is 1. The van der Waals surface area contributed by atoms with Gasteiger partial charge in [0, 0.05) is 25.3 Å². The topological polar surface area (TPSA) is 67.6 Å². The van der Waals surface area contributed by atoms with Crippen molar-refractivity contribution in [3.05, 3.63) is 29.6 Å². The first kappa shape index (κ1) is 15.7. The lowest BCUT2D eigenvalue weighted by Gasteiger charge is -2.36. The van der Waals surface area contributed by atoms with E-state index in [0.29, 0.717) is 37.6 Å². The first-order chi connectivity index (χ1) is 10.2. The normalized spacial score (nSPS) is 18.6. The Kier molecular flexibility index (Phi) is 5.52. The Morgan fingerprint density at radius 1 is 1.52 bits per heavy atom. The number of carbonyl (C=O) groups excluding carboxylic acids is 1. The molecule has 1 aliphatic rings. The third-order valence-electron chi connectivity index (χ3n) is 3.49. The third kappa shape index (κ3) is 3.92. The highest BCUT2D eigenvalue weighted by Crippen LogP contribution is 2.23. The Bertz CT molecular complexity index is 496. The number of morpholine rings is 1. The van der Waals surface area contributed by atoms with Crippen LogP contribution in [0.2, 0.25) is 0 Å². The van der Waals surface area contributed by atoms with Crippen molar-refractivity contribution in [3.63, 3.8) is 0 Å². The van der Waals surface area contributed by atoms with Gasteiger partial charge in [-0.3, -0.25) is 4.79 Å². The molecule has 1 unspecified atom stereocenters. The fraction of sp³-hybridized carbons (Fsp3) is 0.533. The van der Waals surface area contributed by atoms with Crippen LogP contribution in [0.15, 0.2) is 18.2 Å². The maximum absolute atomic E-state index is 13.7. The Labute approximate surface area is 124 Å². The molecule has 0 aromatic heterocycles. The lowest BCUT2D eigenvalue weighted by Crippen LogP contribution is -2.54. The van der Waals surface area contributed by atoms with Gasteiger partial charge in [0.1, 0.15) is 11.9 Å². The molecule has 0 saturated carbocycles. The number of amides is 1. The molecule has 1 amide bonds. The van der Waals surface area contributed by atoms with Crippen LogP contribution < -0.4 is 16.0 Å². The molecule has 1 heterocycles. The van der Waals surface area contributed by atoms with Crippen LogP contribution >= 0.6 is 0 Å². The number of anilines is 1. The Morgan fingerprint density at radius 3 is 3.05 bits per heavy atom. The highest BCUT2D eigenvalue weighted by molar-refractivity contribution is 5.85. The SMILES string of the molecule is CCCNC(=O)C1COCCN1c1cc(F)cc(CN)c1. The van der Waals surface area contributed by atoms with Crippen LogP contribution in [-0.4, -0.2) is 38.3 Å². The van der Waals surface area contributed by atoms with E-state index in [0.717, 1.165) is 6.42 Å².